The van der Waals surface area contributed by atoms with E-state index in [0.29, 0.717) is 0 Å². The summed E-state index contributed by atoms with van der Waals surface area (Å²) in [6, 6.07) is 0. The molecule has 0 amide bonds. The van der Waals surface area contributed by atoms with E-state index in [0.717, 1.165) is 0 Å². The maximum atomic E-state index is 13.1. The Labute approximate surface area is 112 Å². The van der Waals surface area contributed by atoms with E-state index in [1.807, 2.05) is 0 Å². The quantitative estimate of drug-likeness (QED) is 0.386. The Hall–Kier alpha value is 0.420. The number of phosphoric ester groups is 1. The second-order valence-corrected chi connectivity index (χ2v) is 5.62. The molecule has 4 nitrogen and oxygen atoms in total. The van der Waals surface area contributed by atoms with Crippen molar-refractivity contribution >= 4 is 42.6 Å². The van der Waals surface area contributed by atoms with Crippen LogP contribution in [0, 0.1) is 0 Å². The molecule has 0 atom stereocenters. The highest BCUT2D eigenvalue weighted by atomic mass is 35.5. The van der Waals surface area contributed by atoms with E-state index in [4.69, 9.17) is 34.8 Å². The van der Waals surface area contributed by atoms with Crippen LogP contribution in [0.2, 0.25) is 0 Å². The molecule has 0 spiro atoms. The third kappa shape index (κ3) is 6.22. The smallest absolute Gasteiger partial charge is 0.398 e. The second-order valence-electron chi connectivity index (χ2n) is 2.46. The van der Waals surface area contributed by atoms with Gasteiger partial charge in [0.2, 0.25) is 11.0 Å². The van der Waals surface area contributed by atoms with E-state index in [2.05, 4.69) is 13.6 Å². The Morgan fingerprint density at radius 2 is 1.71 bits per heavy atom. The Morgan fingerprint density at radius 1 is 1.29 bits per heavy atom. The van der Waals surface area contributed by atoms with Crippen molar-refractivity contribution < 1.29 is 26.9 Å². The first-order chi connectivity index (χ1) is 7.66. The molecule has 0 aliphatic heterocycles. The van der Waals surface area contributed by atoms with E-state index < -0.39 is 23.5 Å². The molecule has 0 radical (unpaired) electrons. The van der Waals surface area contributed by atoms with Crippen LogP contribution in [0.1, 0.15) is 13.8 Å². The fourth-order valence-electron chi connectivity index (χ4n) is 0.711. The van der Waals surface area contributed by atoms with Crippen LogP contribution in [-0.2, 0) is 18.1 Å². The maximum Gasteiger partial charge on any atom is 0.530 e. The van der Waals surface area contributed by atoms with Gasteiger partial charge in [0.15, 0.2) is 0 Å². The highest BCUT2D eigenvalue weighted by Gasteiger charge is 2.41. The lowest BCUT2D eigenvalue weighted by Gasteiger charge is -2.21. The molecule has 0 unspecified atom stereocenters. The number of halogens is 5. The van der Waals surface area contributed by atoms with Gasteiger partial charge >= 0.3 is 12.4 Å². The molecule has 0 bridgehead atoms. The number of phosphoric acid groups is 1. The molecule has 0 rings (SSSR count). The van der Waals surface area contributed by atoms with Crippen LogP contribution in [0.3, 0.4) is 0 Å². The van der Waals surface area contributed by atoms with Crippen molar-refractivity contribution in [3.63, 3.8) is 0 Å². The van der Waals surface area contributed by atoms with Crippen LogP contribution < -0.4 is 0 Å². The minimum absolute atomic E-state index is 0.0850. The molecule has 0 heterocycles. The fraction of sp³-hybridized carbons (Fsp3) is 0.714. The molecular formula is C7H10Cl3F2O4P. The summed E-state index contributed by atoms with van der Waals surface area (Å²) < 4.78 is 47.9. The monoisotopic (exact) mass is 332 g/mol. The van der Waals surface area contributed by atoms with Crippen molar-refractivity contribution in [3.8, 4) is 0 Å². The Kier molecular flexibility index (Phi) is 7.29. The van der Waals surface area contributed by atoms with Crippen LogP contribution in [0.4, 0.5) is 8.78 Å². The predicted molar refractivity (Wildman–Crippen MR) is 61.5 cm³/mol. The topological polar surface area (TPSA) is 44.8 Å². The van der Waals surface area contributed by atoms with E-state index >= 15 is 0 Å². The van der Waals surface area contributed by atoms with Crippen molar-refractivity contribution in [2.24, 2.45) is 0 Å². The first-order valence-electron chi connectivity index (χ1n) is 4.37. The standard InChI is InChI=1S/C7H10Cl3F2O4P/c1-3-14-17(13,15-4-2)16-5(6(8)11)7(9,10)12/h3-4H2,1-2H3/b6-5-. The summed E-state index contributed by atoms with van der Waals surface area (Å²) in [5.74, 6) is -1.38. The normalized spacial score (nSPS) is 14.5. The summed E-state index contributed by atoms with van der Waals surface area (Å²) in [6.07, 6.45) is 0. The minimum atomic E-state index is -4.22. The van der Waals surface area contributed by atoms with E-state index in [1.165, 1.54) is 13.8 Å². The van der Waals surface area contributed by atoms with E-state index in [1.54, 1.807) is 0 Å². The number of rotatable bonds is 7. The molecule has 17 heavy (non-hydrogen) atoms. The average Bonchev–Trinajstić information content (AvgIpc) is 2.13. The largest absolute Gasteiger partial charge is 0.530 e. The van der Waals surface area contributed by atoms with Crippen LogP contribution >= 0.6 is 42.6 Å². The Bertz CT molecular complexity index is 318. The lowest BCUT2D eigenvalue weighted by atomic mass is 10.6. The van der Waals surface area contributed by atoms with Crippen molar-refractivity contribution in [1.29, 1.82) is 0 Å². The molecule has 0 N–H and O–H groups in total. The number of alkyl halides is 3. The molecule has 0 saturated carbocycles. The van der Waals surface area contributed by atoms with Crippen molar-refractivity contribution in [1.82, 2.24) is 0 Å². The predicted octanol–water partition coefficient (Wildman–Crippen LogP) is 4.66. The van der Waals surface area contributed by atoms with E-state index in [-0.39, 0.29) is 13.2 Å². The molecule has 0 aromatic carbocycles. The molecule has 0 aromatic heterocycles. The molecule has 0 saturated heterocycles. The highest BCUT2D eigenvalue weighted by molar-refractivity contribution is 7.48. The first kappa shape index (κ1) is 17.4. The lowest BCUT2D eigenvalue weighted by molar-refractivity contribution is 0.132. The zero-order valence-electron chi connectivity index (χ0n) is 8.88. The van der Waals surface area contributed by atoms with Gasteiger partial charge in [-0.25, -0.2) is 4.57 Å². The summed E-state index contributed by atoms with van der Waals surface area (Å²) in [5, 5.41) is -1.70. The summed E-state index contributed by atoms with van der Waals surface area (Å²) in [7, 11) is -4.22. The van der Waals surface area contributed by atoms with Gasteiger partial charge in [-0.15, -0.1) is 0 Å². The molecule has 0 aromatic rings. The molecule has 0 aliphatic carbocycles. The Morgan fingerprint density at radius 3 is 1.94 bits per heavy atom. The molecule has 10 heteroatoms. The van der Waals surface area contributed by atoms with Gasteiger partial charge < -0.3 is 4.52 Å². The lowest BCUT2D eigenvalue weighted by Crippen LogP contribution is -2.13. The molecular weight excluding hydrogens is 323 g/mol. The molecule has 102 valence electrons. The number of allylic oxidation sites excluding steroid dienone is 1. The van der Waals surface area contributed by atoms with Crippen molar-refractivity contribution in [3.05, 3.63) is 11.0 Å². The Balaban J connectivity index is 5.10. The summed E-state index contributed by atoms with van der Waals surface area (Å²) in [6.45, 7) is 2.77. The SMILES string of the molecule is CCOP(=O)(OCC)O/C(=C(\F)Cl)C(F)(Cl)Cl. The van der Waals surface area contributed by atoms with E-state index in [9.17, 15) is 13.3 Å². The maximum absolute atomic E-state index is 13.1. The average molecular weight is 333 g/mol. The molecule has 0 aliphatic rings. The van der Waals surface area contributed by atoms with Gasteiger partial charge in [-0.2, -0.15) is 8.78 Å². The van der Waals surface area contributed by atoms with Gasteiger partial charge in [0, 0.05) is 0 Å². The highest BCUT2D eigenvalue weighted by Crippen LogP contribution is 2.55. The minimum Gasteiger partial charge on any atom is -0.398 e. The first-order valence-corrected chi connectivity index (χ1v) is 6.97. The van der Waals surface area contributed by atoms with Gasteiger partial charge in [0.25, 0.3) is 0 Å². The second kappa shape index (κ2) is 7.12. The molecule has 0 fully saturated rings. The van der Waals surface area contributed by atoms with Gasteiger partial charge in [0.1, 0.15) is 0 Å². The summed E-state index contributed by atoms with van der Waals surface area (Å²) in [4.78, 5) is 0. The van der Waals surface area contributed by atoms with Crippen LogP contribution in [0.15, 0.2) is 11.0 Å². The van der Waals surface area contributed by atoms with Crippen LogP contribution in [0.25, 0.3) is 0 Å². The van der Waals surface area contributed by atoms with Gasteiger partial charge in [-0.05, 0) is 25.4 Å². The number of hydrogen-bond donors (Lipinski definition) is 0. The summed E-state index contributed by atoms with van der Waals surface area (Å²) in [5.41, 5.74) is 0. The van der Waals surface area contributed by atoms with Crippen molar-refractivity contribution in [2.75, 3.05) is 13.2 Å². The summed E-state index contributed by atoms with van der Waals surface area (Å²) >= 11 is 14.8. The van der Waals surface area contributed by atoms with Gasteiger partial charge in [-0.1, -0.05) is 23.2 Å². The van der Waals surface area contributed by atoms with Crippen molar-refractivity contribution in [2.45, 2.75) is 18.4 Å². The third-order valence-corrected chi connectivity index (χ3v) is 3.28. The number of hydrogen-bond acceptors (Lipinski definition) is 4. The zero-order chi connectivity index (χ0) is 13.7. The van der Waals surface area contributed by atoms with Gasteiger partial charge in [0.05, 0.1) is 13.2 Å². The third-order valence-electron chi connectivity index (χ3n) is 1.21. The van der Waals surface area contributed by atoms with Crippen LogP contribution in [0.5, 0.6) is 0 Å². The van der Waals surface area contributed by atoms with Crippen LogP contribution in [-0.4, -0.2) is 17.8 Å². The fourth-order valence-corrected chi connectivity index (χ4v) is 2.62. The van der Waals surface area contributed by atoms with Gasteiger partial charge in [-0.3, -0.25) is 9.05 Å². The zero-order valence-corrected chi connectivity index (χ0v) is 12.0.